The van der Waals surface area contributed by atoms with E-state index in [4.69, 9.17) is 27.6 Å². The van der Waals surface area contributed by atoms with E-state index < -0.39 is 35.5 Å². The van der Waals surface area contributed by atoms with Gasteiger partial charge in [-0.3, -0.25) is 0 Å². The number of benzene rings is 3. The summed E-state index contributed by atoms with van der Waals surface area (Å²) in [5.41, 5.74) is -3.76. The number of nitrogens with zero attached hydrogens (tertiary/aromatic N) is 2. The van der Waals surface area contributed by atoms with E-state index in [0.29, 0.717) is 27.9 Å². The monoisotopic (exact) mass is 678 g/mol. The lowest BCUT2D eigenvalue weighted by molar-refractivity contribution is -0.0441. The summed E-state index contributed by atoms with van der Waals surface area (Å²) in [7, 11) is -11.6. The first-order valence-electron chi connectivity index (χ1n) is 13.3. The molecule has 2 aliphatic rings. The lowest BCUT2D eigenvalue weighted by Crippen LogP contribution is -2.40. The molecule has 0 saturated carbocycles. The Hall–Kier alpha value is -2.84. The van der Waals surface area contributed by atoms with Crippen LogP contribution in [0.2, 0.25) is 10.0 Å². The second-order valence-electron chi connectivity index (χ2n) is 9.45. The topological polar surface area (TPSA) is 99.7 Å². The number of fused-ring (bicyclic) bond motifs is 2. The maximum absolute atomic E-state index is 13.0. The van der Waals surface area contributed by atoms with Gasteiger partial charge in [0, 0.05) is 53.0 Å². The van der Waals surface area contributed by atoms with Crippen LogP contribution in [0.4, 0.5) is 18.9 Å². The van der Waals surface area contributed by atoms with Gasteiger partial charge in [0.25, 0.3) is 10.0 Å². The Balaban J connectivity index is 2.11. The molecule has 1 heterocycles. The van der Waals surface area contributed by atoms with Crippen molar-refractivity contribution < 1.29 is 34.4 Å². The molecule has 0 radical (unpaired) electrons. The van der Waals surface area contributed by atoms with Crippen molar-refractivity contribution in [3.8, 4) is 22.5 Å². The molecule has 0 unspecified atom stereocenters. The van der Waals surface area contributed by atoms with Gasteiger partial charge in [-0.25, -0.2) is 21.4 Å². The number of nitrogens with one attached hydrogen (secondary N) is 1. The first-order chi connectivity index (χ1) is 20.1. The highest BCUT2D eigenvalue weighted by molar-refractivity contribution is 8.05. The Bertz CT molecular complexity index is 1950. The zero-order chi connectivity index (χ0) is 31.9. The molecule has 1 aliphatic heterocycles. The van der Waals surface area contributed by atoms with Crippen molar-refractivity contribution in [3.05, 3.63) is 63.9 Å². The highest BCUT2D eigenvalue weighted by Gasteiger charge is 2.49. The van der Waals surface area contributed by atoms with Crippen molar-refractivity contribution >= 4 is 59.9 Å². The quantitative estimate of drug-likeness (QED) is 0.165. The summed E-state index contributed by atoms with van der Waals surface area (Å²) in [5, 5.41) is 0.777. The highest BCUT2D eigenvalue weighted by Crippen LogP contribution is 2.47. The molecule has 15 heteroatoms. The van der Waals surface area contributed by atoms with Crippen LogP contribution in [0.5, 0.6) is 0 Å². The summed E-state index contributed by atoms with van der Waals surface area (Å²) in [6.45, 7) is 10.9. The molecule has 232 valence electrons. The van der Waals surface area contributed by atoms with Crippen molar-refractivity contribution in [2.75, 3.05) is 31.1 Å². The van der Waals surface area contributed by atoms with Crippen molar-refractivity contribution in [1.29, 1.82) is 0 Å². The number of hydrogen-bond donors (Lipinski definition) is 1. The third kappa shape index (κ3) is 6.23. The van der Waals surface area contributed by atoms with Crippen molar-refractivity contribution in [3.63, 3.8) is 0 Å². The van der Waals surface area contributed by atoms with Gasteiger partial charge in [0.1, 0.15) is 29.3 Å². The summed E-state index contributed by atoms with van der Waals surface area (Å²) >= 11 is 13.2. The normalized spacial score (nSPS) is 12.7. The van der Waals surface area contributed by atoms with E-state index in [0.717, 1.165) is 53.5 Å². The number of halogens is 5. The van der Waals surface area contributed by atoms with E-state index in [1.807, 2.05) is 52.0 Å². The molecule has 43 heavy (non-hydrogen) atoms. The molecule has 1 aliphatic carbocycles. The van der Waals surface area contributed by atoms with Gasteiger partial charge in [-0.1, -0.05) is 27.3 Å². The molecular weight excluding hydrogens is 650 g/mol. The SMILES string of the molecule is CCN(CC)c1ccc2c(-c3c(Cl)ccc(S(=O)(=O)NS(=O)(=O)C(F)(F)F)c3Cl)c3ccc(=[N+](CC)CC)cc-3oc2c1. The molecule has 0 amide bonds. The minimum Gasteiger partial charge on any atom is -0.456 e. The van der Waals surface area contributed by atoms with Gasteiger partial charge in [0.05, 0.1) is 16.1 Å². The average molecular weight is 680 g/mol. The highest BCUT2D eigenvalue weighted by atomic mass is 35.5. The first-order valence-corrected chi connectivity index (χ1v) is 17.0. The Morgan fingerprint density at radius 2 is 1.53 bits per heavy atom. The number of hydrogen-bond acceptors (Lipinski definition) is 6. The largest absolute Gasteiger partial charge is 0.512 e. The van der Waals surface area contributed by atoms with Crippen LogP contribution >= 0.6 is 23.2 Å². The average Bonchev–Trinajstić information content (AvgIpc) is 2.92. The molecule has 1 N–H and O–H groups in total. The molecule has 8 nitrogen and oxygen atoms in total. The van der Waals surface area contributed by atoms with Crippen LogP contribution in [0.25, 0.3) is 33.4 Å². The van der Waals surface area contributed by atoms with Crippen LogP contribution in [-0.4, -0.2) is 48.5 Å². The second-order valence-corrected chi connectivity index (χ2v) is 13.8. The molecule has 4 rings (SSSR count). The number of sulfonamides is 2. The van der Waals surface area contributed by atoms with E-state index in [-0.39, 0.29) is 10.6 Å². The summed E-state index contributed by atoms with van der Waals surface area (Å²) in [6.07, 6.45) is 0. The van der Waals surface area contributed by atoms with Crippen molar-refractivity contribution in [1.82, 2.24) is 8.70 Å². The maximum Gasteiger partial charge on any atom is 0.512 e. The fourth-order valence-corrected chi connectivity index (χ4v) is 8.26. The molecule has 0 saturated heterocycles. The molecule has 0 atom stereocenters. The van der Waals surface area contributed by atoms with Crippen LogP contribution in [0.1, 0.15) is 27.7 Å². The lowest BCUT2D eigenvalue weighted by Gasteiger charge is -2.23. The van der Waals surface area contributed by atoms with E-state index in [2.05, 4.69) is 9.48 Å². The van der Waals surface area contributed by atoms with E-state index in [1.54, 1.807) is 12.1 Å². The molecule has 0 fully saturated rings. The van der Waals surface area contributed by atoms with Crippen molar-refractivity contribution in [2.45, 2.75) is 38.1 Å². The zero-order valence-corrected chi connectivity index (χ0v) is 26.7. The number of anilines is 1. The molecule has 0 bridgehead atoms. The van der Waals surface area contributed by atoms with Crippen LogP contribution in [0, 0.1) is 0 Å². The molecular formula is C28H29Cl2F3N3O5S2+. The van der Waals surface area contributed by atoms with Gasteiger partial charge in [0.15, 0.2) is 0 Å². The summed E-state index contributed by atoms with van der Waals surface area (Å²) in [5.74, 6) is 0.418. The van der Waals surface area contributed by atoms with E-state index >= 15 is 0 Å². The van der Waals surface area contributed by atoms with Crippen LogP contribution in [0.15, 0.2) is 57.8 Å². The second kappa shape index (κ2) is 12.3. The number of rotatable bonds is 9. The molecule has 2 aromatic carbocycles. The third-order valence-corrected chi connectivity index (χ3v) is 11.2. The lowest BCUT2D eigenvalue weighted by atomic mass is 9.93. The van der Waals surface area contributed by atoms with Gasteiger partial charge >= 0.3 is 15.5 Å². The van der Waals surface area contributed by atoms with Crippen LogP contribution in [-0.2, 0) is 20.0 Å². The standard InChI is InChI=1S/C28H29Cl2F3N3O5S2/c1-5-35(6-2)17-9-11-19-22(15-17)41-23-16-18(36(7-3)8-4)10-12-20(23)25(19)26-21(29)13-14-24(27(26)30)42(37,38)34-43(39,40)28(31,32)33/h9-16,34H,5-8H2,1-4H3/q+1. The zero-order valence-electron chi connectivity index (χ0n) is 23.6. The fraction of sp³-hybridized carbons (Fsp3) is 0.321. The minimum atomic E-state index is -6.27. The Morgan fingerprint density at radius 3 is 2.12 bits per heavy atom. The van der Waals surface area contributed by atoms with Gasteiger partial charge in [0.2, 0.25) is 5.36 Å². The summed E-state index contributed by atoms with van der Waals surface area (Å²) < 4.78 is 97.6. The number of alkyl halides is 3. The van der Waals surface area contributed by atoms with Gasteiger partial charge in [-0.05, 0) is 58.0 Å². The fourth-order valence-electron chi connectivity index (χ4n) is 4.91. The Kier molecular flexibility index (Phi) is 9.44. The van der Waals surface area contributed by atoms with E-state index in [1.165, 1.54) is 0 Å². The van der Waals surface area contributed by atoms with Gasteiger partial charge in [-0.2, -0.15) is 13.2 Å². The Labute approximate surface area is 257 Å². The molecule has 2 aromatic rings. The Morgan fingerprint density at radius 1 is 0.884 bits per heavy atom. The predicted octanol–water partition coefficient (Wildman–Crippen LogP) is 6.30. The summed E-state index contributed by atoms with van der Waals surface area (Å²) in [6, 6.07) is 12.9. The van der Waals surface area contributed by atoms with E-state index in [9.17, 15) is 30.0 Å². The van der Waals surface area contributed by atoms with Gasteiger partial charge in [-0.15, -0.1) is 0 Å². The predicted molar refractivity (Wildman–Crippen MR) is 164 cm³/mol. The molecule has 0 aromatic heterocycles. The smallest absolute Gasteiger partial charge is 0.456 e. The third-order valence-electron chi connectivity index (χ3n) is 7.07. The van der Waals surface area contributed by atoms with Crippen LogP contribution < -0.4 is 19.0 Å². The van der Waals surface area contributed by atoms with Gasteiger partial charge < -0.3 is 9.32 Å². The molecule has 0 spiro atoms. The summed E-state index contributed by atoms with van der Waals surface area (Å²) in [4.78, 5) is 1.20. The minimum absolute atomic E-state index is 0.0166. The first kappa shape index (κ1) is 33.1. The van der Waals surface area contributed by atoms with Crippen LogP contribution in [0.3, 0.4) is 0 Å². The van der Waals surface area contributed by atoms with Crippen molar-refractivity contribution in [2.24, 2.45) is 0 Å². The maximum atomic E-state index is 13.0.